The average molecular weight is 1030 g/mol. The van der Waals surface area contributed by atoms with Gasteiger partial charge in [-0.15, -0.1) is 0 Å². The van der Waals surface area contributed by atoms with Crippen LogP contribution in [0.2, 0.25) is 0 Å². The van der Waals surface area contributed by atoms with E-state index in [9.17, 15) is 34.5 Å². The monoisotopic (exact) mass is 1030 g/mol. The lowest BCUT2D eigenvalue weighted by molar-refractivity contribution is -0.301. The van der Waals surface area contributed by atoms with Gasteiger partial charge >= 0.3 is 23.9 Å². The molecule has 1 saturated heterocycles. The quantitative estimate of drug-likeness (QED) is 0.0228. The Morgan fingerprint density at radius 3 is 1.33 bits per heavy atom. The molecule has 0 spiro atoms. The molecule has 1 rings (SSSR count). The molecule has 12 nitrogen and oxygen atoms in total. The summed E-state index contributed by atoms with van der Waals surface area (Å²) >= 11 is 0. The molecule has 0 aromatic carbocycles. The Hall–Kier alpha value is -3.32. The predicted octanol–water partition coefficient (Wildman–Crippen LogP) is 15.0. The van der Waals surface area contributed by atoms with E-state index >= 15 is 0 Å². The number of unbranched alkanes of at least 4 members (excludes halogenated alkanes) is 28. The van der Waals surface area contributed by atoms with Crippen LogP contribution in [0.1, 0.15) is 265 Å². The normalized spacial score (nSPS) is 18.6. The molecule has 0 saturated carbocycles. The first-order chi connectivity index (χ1) is 35.6. The lowest BCUT2D eigenvalue weighted by Crippen LogP contribution is -2.61. The van der Waals surface area contributed by atoms with Crippen molar-refractivity contribution in [2.24, 2.45) is 0 Å². The number of hydrogen-bond acceptors (Lipinski definition) is 11. The third kappa shape index (κ3) is 39.7. The summed E-state index contributed by atoms with van der Waals surface area (Å²) in [6.07, 6.45) is 46.5. The van der Waals surface area contributed by atoms with Crippen LogP contribution in [0.15, 0.2) is 48.6 Å². The average Bonchev–Trinajstić information content (AvgIpc) is 3.37. The Morgan fingerprint density at radius 2 is 0.863 bits per heavy atom. The van der Waals surface area contributed by atoms with Gasteiger partial charge in [-0.05, 0) is 77.0 Å². The van der Waals surface area contributed by atoms with Gasteiger partial charge in [0.15, 0.2) is 24.6 Å². The first kappa shape index (κ1) is 67.7. The van der Waals surface area contributed by atoms with Gasteiger partial charge in [0.2, 0.25) is 0 Å². The number of carbonyl (C=O) groups excluding carboxylic acids is 3. The zero-order valence-corrected chi connectivity index (χ0v) is 46.4. The summed E-state index contributed by atoms with van der Waals surface area (Å²) in [7, 11) is 0. The van der Waals surface area contributed by atoms with Crippen molar-refractivity contribution in [1.29, 1.82) is 0 Å². The summed E-state index contributed by atoms with van der Waals surface area (Å²) in [5.41, 5.74) is 0. The van der Waals surface area contributed by atoms with Gasteiger partial charge in [0.25, 0.3) is 0 Å². The van der Waals surface area contributed by atoms with Gasteiger partial charge in [-0.25, -0.2) is 4.79 Å². The molecule has 1 fully saturated rings. The van der Waals surface area contributed by atoms with Crippen molar-refractivity contribution in [2.45, 2.75) is 302 Å². The fourth-order valence-electron chi connectivity index (χ4n) is 8.85. The second-order valence-electron chi connectivity index (χ2n) is 20.3. The van der Waals surface area contributed by atoms with Crippen LogP contribution in [0.25, 0.3) is 0 Å². The number of allylic oxidation sites excluding steroid dienone is 8. The van der Waals surface area contributed by atoms with Crippen LogP contribution in [-0.4, -0.2) is 89.2 Å². The maximum absolute atomic E-state index is 13.1. The smallest absolute Gasteiger partial charge is 0.335 e. The van der Waals surface area contributed by atoms with Gasteiger partial charge in [0.05, 0.1) is 6.61 Å². The van der Waals surface area contributed by atoms with Crippen molar-refractivity contribution in [2.75, 3.05) is 13.2 Å². The van der Waals surface area contributed by atoms with Crippen molar-refractivity contribution >= 4 is 23.9 Å². The van der Waals surface area contributed by atoms with Crippen molar-refractivity contribution < 1.29 is 58.2 Å². The molecule has 1 aliphatic rings. The maximum Gasteiger partial charge on any atom is 0.335 e. The first-order valence-electron chi connectivity index (χ1n) is 29.6. The van der Waals surface area contributed by atoms with Crippen LogP contribution in [0.5, 0.6) is 0 Å². The molecule has 0 amide bonds. The number of ether oxygens (including phenoxy) is 5. The standard InChI is InChI=1S/C61H106O12/c1-4-7-10-13-16-19-22-24-26-27-29-30-33-35-38-41-44-47-53(62)69-50-52(71-54(63)48-45-42-39-36-32-21-18-15-12-9-6-3)51-70-61-59(57(66)56(65)58(73-61)60(67)68)72-55(64)49-46-43-40-37-34-31-28-25-23-20-17-14-11-8-5-2/h7,10,16,19,24-26,28,52,56-59,61,65-66H,4-6,8-9,11-15,17-18,20-23,27,29-51H2,1-3H3,(H,67,68)/b10-7-,19-16-,26-24-,28-25-. The largest absolute Gasteiger partial charge is 0.479 e. The molecule has 12 heteroatoms. The Morgan fingerprint density at radius 1 is 0.466 bits per heavy atom. The predicted molar refractivity (Wildman–Crippen MR) is 294 cm³/mol. The molecule has 3 N–H and O–H groups in total. The van der Waals surface area contributed by atoms with Crippen LogP contribution in [-0.2, 0) is 42.9 Å². The third-order valence-electron chi connectivity index (χ3n) is 13.4. The van der Waals surface area contributed by atoms with Gasteiger partial charge in [0.1, 0.15) is 18.8 Å². The second-order valence-corrected chi connectivity index (χ2v) is 20.3. The first-order valence-corrected chi connectivity index (χ1v) is 29.6. The molecule has 73 heavy (non-hydrogen) atoms. The second kappa shape index (κ2) is 49.6. The van der Waals surface area contributed by atoms with E-state index in [-0.39, 0.29) is 25.9 Å². The topological polar surface area (TPSA) is 175 Å². The third-order valence-corrected chi connectivity index (χ3v) is 13.4. The molecule has 0 radical (unpaired) electrons. The number of carboxylic acids is 1. The fourth-order valence-corrected chi connectivity index (χ4v) is 8.85. The minimum Gasteiger partial charge on any atom is -0.479 e. The number of carboxylic acid groups (broad SMARTS) is 1. The summed E-state index contributed by atoms with van der Waals surface area (Å²) in [6.45, 7) is 5.87. The summed E-state index contributed by atoms with van der Waals surface area (Å²) in [6, 6.07) is 0. The minimum atomic E-state index is -1.90. The molecular formula is C61H106O12. The molecule has 6 unspecified atom stereocenters. The van der Waals surface area contributed by atoms with E-state index in [4.69, 9.17) is 23.7 Å². The van der Waals surface area contributed by atoms with E-state index in [1.807, 2.05) is 0 Å². The molecule has 6 atom stereocenters. The van der Waals surface area contributed by atoms with Crippen molar-refractivity contribution in [3.05, 3.63) is 48.6 Å². The number of rotatable bonds is 50. The Kier molecular flexibility index (Phi) is 45.9. The van der Waals surface area contributed by atoms with Gasteiger partial charge in [-0.2, -0.15) is 0 Å². The molecular weight excluding hydrogens is 925 g/mol. The summed E-state index contributed by atoms with van der Waals surface area (Å²) in [5, 5.41) is 31.4. The zero-order chi connectivity index (χ0) is 53.3. The maximum atomic E-state index is 13.1. The summed E-state index contributed by atoms with van der Waals surface area (Å²) in [5.74, 6) is -3.13. The molecule has 0 aliphatic carbocycles. The highest BCUT2D eigenvalue weighted by Gasteiger charge is 2.50. The zero-order valence-electron chi connectivity index (χ0n) is 46.4. The Labute approximate surface area is 443 Å². The van der Waals surface area contributed by atoms with E-state index in [2.05, 4.69) is 69.4 Å². The highest BCUT2D eigenvalue weighted by Crippen LogP contribution is 2.26. The van der Waals surface area contributed by atoms with Crippen molar-refractivity contribution in [3.8, 4) is 0 Å². The minimum absolute atomic E-state index is 0.0516. The van der Waals surface area contributed by atoms with E-state index in [0.29, 0.717) is 19.3 Å². The summed E-state index contributed by atoms with van der Waals surface area (Å²) in [4.78, 5) is 51.1. The number of aliphatic hydroxyl groups excluding tert-OH is 2. The van der Waals surface area contributed by atoms with E-state index in [1.165, 1.54) is 96.3 Å². The van der Waals surface area contributed by atoms with Crippen molar-refractivity contribution in [1.82, 2.24) is 0 Å². The SMILES string of the molecule is CC/C=C\C/C=C\C/C=C\CCCCCCCCCC(=O)OCC(COC1OC(C(=O)O)C(O)C(O)C1OC(=O)CCCCCCC/C=C\CCCCCCCC)OC(=O)CCCCCCCCCCCCC. The fraction of sp³-hybridized carbons (Fsp3) is 0.803. The Balaban J connectivity index is 2.67. The molecule has 0 aromatic rings. The number of aliphatic hydroxyl groups is 2. The highest BCUT2D eigenvalue weighted by molar-refractivity contribution is 5.74. The molecule has 422 valence electrons. The Bertz CT molecular complexity index is 1460. The lowest BCUT2D eigenvalue weighted by atomic mass is 9.98. The molecule has 0 bridgehead atoms. The highest BCUT2D eigenvalue weighted by atomic mass is 16.7. The molecule has 1 heterocycles. The van der Waals surface area contributed by atoms with Gasteiger partial charge in [0, 0.05) is 19.3 Å². The van der Waals surface area contributed by atoms with E-state index < -0.39 is 67.3 Å². The van der Waals surface area contributed by atoms with Crippen molar-refractivity contribution in [3.63, 3.8) is 0 Å². The van der Waals surface area contributed by atoms with Crippen LogP contribution < -0.4 is 0 Å². The molecule has 0 aromatic heterocycles. The number of hydrogen-bond donors (Lipinski definition) is 3. The molecule has 1 aliphatic heterocycles. The summed E-state index contributed by atoms with van der Waals surface area (Å²) < 4.78 is 28.4. The van der Waals surface area contributed by atoms with Gasteiger partial charge in [-0.1, -0.05) is 217 Å². The lowest BCUT2D eigenvalue weighted by Gasteiger charge is -2.40. The number of carbonyl (C=O) groups is 4. The number of esters is 3. The van der Waals surface area contributed by atoms with Gasteiger partial charge < -0.3 is 39.0 Å². The van der Waals surface area contributed by atoms with Crippen LogP contribution in [0, 0.1) is 0 Å². The van der Waals surface area contributed by atoms with E-state index in [0.717, 1.165) is 109 Å². The van der Waals surface area contributed by atoms with Crippen LogP contribution in [0.4, 0.5) is 0 Å². The van der Waals surface area contributed by atoms with Crippen LogP contribution in [0.3, 0.4) is 0 Å². The van der Waals surface area contributed by atoms with Gasteiger partial charge in [-0.3, -0.25) is 14.4 Å². The number of aliphatic carboxylic acids is 1. The van der Waals surface area contributed by atoms with E-state index in [1.54, 1.807) is 0 Å². The van der Waals surface area contributed by atoms with Crippen LogP contribution >= 0.6 is 0 Å².